The fraction of sp³-hybridized carbons (Fsp3) is 0.200. The van der Waals surface area contributed by atoms with Gasteiger partial charge in [-0.3, -0.25) is 0 Å². The molecule has 0 saturated heterocycles. The van der Waals surface area contributed by atoms with Gasteiger partial charge in [0.2, 0.25) is 0 Å². The van der Waals surface area contributed by atoms with Gasteiger partial charge in [-0.2, -0.15) is 0 Å². The van der Waals surface area contributed by atoms with Crippen LogP contribution in [0.1, 0.15) is 33.4 Å². The van der Waals surface area contributed by atoms with Crippen molar-refractivity contribution in [2.75, 3.05) is 0 Å². The third-order valence-corrected chi connectivity index (χ3v) is 9.47. The minimum atomic E-state index is 0.612. The maximum atomic E-state index is 6.31. The highest BCUT2D eigenvalue weighted by molar-refractivity contribution is 7.26. The van der Waals surface area contributed by atoms with Crippen molar-refractivity contribution in [2.45, 2.75) is 40.3 Å². The van der Waals surface area contributed by atoms with Gasteiger partial charge in [0.1, 0.15) is 0 Å². The molecule has 1 aliphatic heterocycles. The number of thiophene rings is 2. The first-order chi connectivity index (χ1) is 16.7. The SMILES string of the molecule is Cc1c2ccc3sc4ccc(cc4c13)COCc1ccc3sc4ccc(c(C)c4c3c1)COC2. The van der Waals surface area contributed by atoms with E-state index in [-0.39, 0.29) is 0 Å². The van der Waals surface area contributed by atoms with Gasteiger partial charge in [0.25, 0.3) is 0 Å². The van der Waals surface area contributed by atoms with Gasteiger partial charge >= 0.3 is 0 Å². The molecule has 7 rings (SSSR count). The Hall–Kier alpha value is -2.76. The van der Waals surface area contributed by atoms with Crippen LogP contribution in [0.3, 0.4) is 0 Å². The highest BCUT2D eigenvalue weighted by Crippen LogP contribution is 2.39. The summed E-state index contributed by atoms with van der Waals surface area (Å²) >= 11 is 3.73. The Balaban J connectivity index is 1.39. The summed E-state index contributed by atoms with van der Waals surface area (Å²) in [6, 6.07) is 22.5. The Morgan fingerprint density at radius 3 is 1.47 bits per heavy atom. The summed E-state index contributed by atoms with van der Waals surface area (Å²) in [6.45, 7) is 6.93. The summed E-state index contributed by atoms with van der Waals surface area (Å²) < 4.78 is 17.8. The molecule has 0 fully saturated rings. The van der Waals surface area contributed by atoms with Crippen LogP contribution >= 0.6 is 22.7 Å². The van der Waals surface area contributed by atoms with Crippen LogP contribution in [-0.2, 0) is 35.9 Å². The molecular weight excluding hydrogens is 456 g/mol. The summed E-state index contributed by atoms with van der Waals surface area (Å²) in [4.78, 5) is 0. The summed E-state index contributed by atoms with van der Waals surface area (Å²) in [7, 11) is 0. The zero-order chi connectivity index (χ0) is 22.8. The van der Waals surface area contributed by atoms with Crippen LogP contribution in [0.4, 0.5) is 0 Å². The maximum Gasteiger partial charge on any atom is 0.0724 e. The lowest BCUT2D eigenvalue weighted by molar-refractivity contribution is 0.106. The van der Waals surface area contributed by atoms with Crippen LogP contribution in [0.5, 0.6) is 0 Å². The first kappa shape index (κ1) is 20.6. The van der Waals surface area contributed by atoms with Crippen LogP contribution in [0, 0.1) is 13.8 Å². The van der Waals surface area contributed by atoms with Gasteiger partial charge in [0.05, 0.1) is 26.4 Å². The minimum Gasteiger partial charge on any atom is -0.372 e. The Bertz CT molecular complexity index is 1610. The Kier molecular flexibility index (Phi) is 4.78. The molecule has 0 N–H and O–H groups in total. The quantitative estimate of drug-likeness (QED) is 0.216. The van der Waals surface area contributed by atoms with Crippen LogP contribution < -0.4 is 0 Å². The predicted octanol–water partition coefficient (Wildman–Crippen LogP) is 8.79. The summed E-state index contributed by atoms with van der Waals surface area (Å²) in [5.41, 5.74) is 7.61. The monoisotopic (exact) mass is 480 g/mol. The molecule has 2 aromatic heterocycles. The van der Waals surface area contributed by atoms with Gasteiger partial charge in [-0.25, -0.2) is 0 Å². The first-order valence-corrected chi connectivity index (χ1v) is 13.3. The smallest absolute Gasteiger partial charge is 0.0724 e. The van der Waals surface area contributed by atoms with E-state index in [1.165, 1.54) is 73.7 Å². The summed E-state index contributed by atoms with van der Waals surface area (Å²) in [5.74, 6) is 0. The average Bonchev–Trinajstić information content (AvgIpc) is 3.40. The molecule has 0 spiro atoms. The van der Waals surface area contributed by atoms with Crippen LogP contribution in [0.2, 0.25) is 0 Å². The van der Waals surface area contributed by atoms with Gasteiger partial charge in [-0.05, 0) is 83.6 Å². The number of rotatable bonds is 0. The molecule has 2 nitrogen and oxygen atoms in total. The molecular formula is C30H24O2S2. The zero-order valence-corrected chi connectivity index (χ0v) is 20.9. The molecule has 4 heteroatoms. The van der Waals surface area contributed by atoms with E-state index >= 15 is 0 Å². The van der Waals surface area contributed by atoms with Gasteiger partial charge < -0.3 is 9.47 Å². The second kappa shape index (κ2) is 7.89. The van der Waals surface area contributed by atoms with Crippen LogP contribution in [-0.4, -0.2) is 0 Å². The molecule has 0 amide bonds. The van der Waals surface area contributed by atoms with Crippen molar-refractivity contribution in [3.05, 3.63) is 94.0 Å². The van der Waals surface area contributed by atoms with Crippen LogP contribution in [0.15, 0.2) is 60.7 Å². The topological polar surface area (TPSA) is 18.5 Å². The molecule has 0 aliphatic carbocycles. The number of benzene rings is 4. The first-order valence-electron chi connectivity index (χ1n) is 11.7. The Morgan fingerprint density at radius 1 is 0.529 bits per heavy atom. The van der Waals surface area contributed by atoms with Gasteiger partial charge in [-0.15, -0.1) is 22.7 Å². The van der Waals surface area contributed by atoms with E-state index in [0.717, 1.165) is 0 Å². The molecule has 0 radical (unpaired) electrons. The lowest BCUT2D eigenvalue weighted by Crippen LogP contribution is -1.99. The highest BCUT2D eigenvalue weighted by atomic mass is 32.1. The predicted molar refractivity (Wildman–Crippen MR) is 145 cm³/mol. The van der Waals surface area contributed by atoms with Crippen molar-refractivity contribution in [3.8, 4) is 0 Å². The van der Waals surface area contributed by atoms with Crippen molar-refractivity contribution in [2.24, 2.45) is 0 Å². The van der Waals surface area contributed by atoms with Gasteiger partial charge in [0, 0.05) is 40.3 Å². The molecule has 0 saturated carbocycles. The van der Waals surface area contributed by atoms with E-state index < -0.39 is 0 Å². The van der Waals surface area contributed by atoms with Crippen molar-refractivity contribution < 1.29 is 9.47 Å². The zero-order valence-electron chi connectivity index (χ0n) is 19.2. The van der Waals surface area contributed by atoms with Crippen molar-refractivity contribution >= 4 is 63.0 Å². The fourth-order valence-electron chi connectivity index (χ4n) is 5.31. The second-order valence-electron chi connectivity index (χ2n) is 9.30. The van der Waals surface area contributed by atoms with E-state index in [9.17, 15) is 0 Å². The maximum absolute atomic E-state index is 6.31. The molecule has 8 bridgehead atoms. The molecule has 3 heterocycles. The lowest BCUT2D eigenvalue weighted by atomic mass is 10.0. The average molecular weight is 481 g/mol. The number of hydrogen-bond donors (Lipinski definition) is 0. The second-order valence-corrected chi connectivity index (χ2v) is 11.5. The van der Waals surface area contributed by atoms with Crippen LogP contribution in [0.25, 0.3) is 40.3 Å². The molecule has 1 aliphatic rings. The van der Waals surface area contributed by atoms with E-state index in [0.29, 0.717) is 26.4 Å². The highest BCUT2D eigenvalue weighted by Gasteiger charge is 2.14. The van der Waals surface area contributed by atoms with Gasteiger partial charge in [-0.1, -0.05) is 24.3 Å². The van der Waals surface area contributed by atoms with Crippen molar-refractivity contribution in [1.82, 2.24) is 0 Å². The van der Waals surface area contributed by atoms with E-state index in [4.69, 9.17) is 9.47 Å². The molecule has 168 valence electrons. The number of aryl methyl sites for hydroxylation is 2. The van der Waals surface area contributed by atoms with E-state index in [1.807, 2.05) is 22.7 Å². The Morgan fingerprint density at radius 2 is 0.971 bits per heavy atom. The molecule has 34 heavy (non-hydrogen) atoms. The lowest BCUT2D eigenvalue weighted by Gasteiger charge is -2.12. The Labute approximate surface area is 206 Å². The normalized spacial score (nSPS) is 14.6. The summed E-state index contributed by atoms with van der Waals surface area (Å²) in [5, 5.41) is 5.37. The molecule has 0 unspecified atom stereocenters. The van der Waals surface area contributed by atoms with Crippen molar-refractivity contribution in [1.29, 1.82) is 0 Å². The summed E-state index contributed by atoms with van der Waals surface area (Å²) in [6.07, 6.45) is 0. The third-order valence-electron chi connectivity index (χ3n) is 7.20. The van der Waals surface area contributed by atoms with E-state index in [2.05, 4.69) is 74.5 Å². The third kappa shape index (κ3) is 3.21. The number of ether oxygens (including phenoxy) is 2. The molecule has 0 atom stereocenters. The fourth-order valence-corrected chi connectivity index (χ4v) is 7.60. The van der Waals surface area contributed by atoms with Crippen molar-refractivity contribution in [3.63, 3.8) is 0 Å². The minimum absolute atomic E-state index is 0.612. The molecule has 6 aromatic rings. The van der Waals surface area contributed by atoms with E-state index in [1.54, 1.807) is 0 Å². The largest absolute Gasteiger partial charge is 0.372 e. The van der Waals surface area contributed by atoms with Gasteiger partial charge in [0.15, 0.2) is 0 Å². The molecule has 4 aromatic carbocycles. The number of fused-ring (bicyclic) bond motifs is 4. The standard InChI is InChI=1S/C30H24O2S2/c1-17-21-5-9-27-29(17)23-11-19(3-7-25(23)33-27)13-31-14-20-4-8-26-24(12-20)30-18(2)22(16-32-15-21)6-10-28(30)34-26/h3-12H,13-16H2,1-2H3. The number of hydrogen-bond acceptors (Lipinski definition) is 4.